The van der Waals surface area contributed by atoms with Crippen molar-refractivity contribution in [3.8, 4) is 0 Å². The molecule has 0 bridgehead atoms. The van der Waals surface area contributed by atoms with Crippen LogP contribution in [0.25, 0.3) is 0 Å². The maximum absolute atomic E-state index is 13.5. The summed E-state index contributed by atoms with van der Waals surface area (Å²) in [5, 5.41) is 13.8. The molecule has 7 heteroatoms. The molecule has 0 radical (unpaired) electrons. The SMILES string of the molecule is O=C1C[C@@H](CNc2cccc(F)c2[N+](=O)[O-])CN1C1CC1. The second-order valence-electron chi connectivity index (χ2n) is 5.62. The first-order valence-electron chi connectivity index (χ1n) is 7.02. The Morgan fingerprint density at radius 1 is 1.43 bits per heavy atom. The van der Waals surface area contributed by atoms with Gasteiger partial charge in [-0.25, -0.2) is 0 Å². The summed E-state index contributed by atoms with van der Waals surface area (Å²) >= 11 is 0. The number of hydrogen-bond acceptors (Lipinski definition) is 4. The fourth-order valence-corrected chi connectivity index (χ4v) is 2.78. The molecule has 0 unspecified atom stereocenters. The van der Waals surface area contributed by atoms with Crippen LogP contribution in [0.2, 0.25) is 0 Å². The van der Waals surface area contributed by atoms with Gasteiger partial charge in [0.05, 0.1) is 4.92 Å². The maximum atomic E-state index is 13.5. The number of nitro groups is 1. The number of halogens is 1. The van der Waals surface area contributed by atoms with Gasteiger partial charge in [-0.1, -0.05) is 6.07 Å². The Bertz CT molecular complexity index is 589. The summed E-state index contributed by atoms with van der Waals surface area (Å²) in [6.45, 7) is 1.11. The van der Waals surface area contributed by atoms with E-state index in [0.29, 0.717) is 25.6 Å². The molecule has 21 heavy (non-hydrogen) atoms. The van der Waals surface area contributed by atoms with Crippen molar-refractivity contribution in [3.63, 3.8) is 0 Å². The lowest BCUT2D eigenvalue weighted by molar-refractivity contribution is -0.386. The molecule has 0 spiro atoms. The van der Waals surface area contributed by atoms with E-state index >= 15 is 0 Å². The number of amides is 1. The van der Waals surface area contributed by atoms with Gasteiger partial charge < -0.3 is 10.2 Å². The minimum absolute atomic E-state index is 0.112. The van der Waals surface area contributed by atoms with Crippen LogP contribution in [0.4, 0.5) is 15.8 Å². The zero-order chi connectivity index (χ0) is 15.0. The molecule has 2 aliphatic rings. The number of carbonyl (C=O) groups excluding carboxylic acids is 1. The lowest BCUT2D eigenvalue weighted by atomic mass is 10.1. The van der Waals surface area contributed by atoms with Crippen LogP contribution in [-0.4, -0.2) is 34.9 Å². The molecule has 1 aliphatic heterocycles. The zero-order valence-corrected chi connectivity index (χ0v) is 11.4. The number of para-hydroxylation sites is 1. The molecule has 1 saturated carbocycles. The predicted octanol–water partition coefficient (Wildman–Crippen LogP) is 2.16. The van der Waals surface area contributed by atoms with Crippen LogP contribution in [0.5, 0.6) is 0 Å². The summed E-state index contributed by atoms with van der Waals surface area (Å²) < 4.78 is 13.5. The van der Waals surface area contributed by atoms with Crippen LogP contribution in [0.1, 0.15) is 19.3 Å². The van der Waals surface area contributed by atoms with E-state index in [1.807, 2.05) is 4.90 Å². The van der Waals surface area contributed by atoms with E-state index < -0.39 is 16.4 Å². The van der Waals surface area contributed by atoms with Gasteiger partial charge in [-0.15, -0.1) is 0 Å². The van der Waals surface area contributed by atoms with Gasteiger partial charge in [0, 0.05) is 31.5 Å². The van der Waals surface area contributed by atoms with Crippen molar-refractivity contribution in [3.05, 3.63) is 34.1 Å². The van der Waals surface area contributed by atoms with Crippen LogP contribution in [0.15, 0.2) is 18.2 Å². The molecule has 1 aromatic rings. The molecule has 1 aromatic carbocycles. The molecular formula is C14H16FN3O3. The van der Waals surface area contributed by atoms with Crippen LogP contribution in [-0.2, 0) is 4.79 Å². The molecule has 6 nitrogen and oxygen atoms in total. The van der Waals surface area contributed by atoms with E-state index in [0.717, 1.165) is 18.9 Å². The van der Waals surface area contributed by atoms with E-state index in [1.165, 1.54) is 12.1 Å². The number of hydrogen-bond donors (Lipinski definition) is 1. The Hall–Kier alpha value is -2.18. The summed E-state index contributed by atoms with van der Waals surface area (Å²) in [6.07, 6.45) is 2.59. The highest BCUT2D eigenvalue weighted by Crippen LogP contribution is 2.33. The van der Waals surface area contributed by atoms with Gasteiger partial charge in [0.1, 0.15) is 5.69 Å². The molecular weight excluding hydrogens is 277 g/mol. The normalized spacial score (nSPS) is 21.7. The monoisotopic (exact) mass is 293 g/mol. The third-order valence-electron chi connectivity index (χ3n) is 3.98. The van der Waals surface area contributed by atoms with Crippen molar-refractivity contribution in [2.24, 2.45) is 5.92 Å². The molecule has 2 fully saturated rings. The topological polar surface area (TPSA) is 75.5 Å². The number of carbonyl (C=O) groups is 1. The minimum Gasteiger partial charge on any atom is -0.379 e. The Balaban J connectivity index is 1.64. The number of anilines is 1. The molecule has 0 aromatic heterocycles. The molecule has 112 valence electrons. The van der Waals surface area contributed by atoms with E-state index in [4.69, 9.17) is 0 Å². The second-order valence-corrected chi connectivity index (χ2v) is 5.62. The fraction of sp³-hybridized carbons (Fsp3) is 0.500. The van der Waals surface area contributed by atoms with Crippen LogP contribution in [0.3, 0.4) is 0 Å². The number of nitrogens with zero attached hydrogens (tertiary/aromatic N) is 2. The largest absolute Gasteiger partial charge is 0.379 e. The zero-order valence-electron chi connectivity index (χ0n) is 11.4. The minimum atomic E-state index is -0.855. The summed E-state index contributed by atoms with van der Waals surface area (Å²) in [4.78, 5) is 23.9. The van der Waals surface area contributed by atoms with E-state index in [2.05, 4.69) is 5.32 Å². The Labute approximate surface area is 121 Å². The van der Waals surface area contributed by atoms with Gasteiger partial charge in [0.25, 0.3) is 0 Å². The van der Waals surface area contributed by atoms with Crippen molar-refractivity contribution in [2.45, 2.75) is 25.3 Å². The van der Waals surface area contributed by atoms with Gasteiger partial charge in [-0.05, 0) is 25.0 Å². The predicted molar refractivity (Wildman–Crippen MR) is 74.4 cm³/mol. The first kappa shape index (κ1) is 13.8. The summed E-state index contributed by atoms with van der Waals surface area (Å²) in [5.41, 5.74) is -0.377. The van der Waals surface area contributed by atoms with Crippen molar-refractivity contribution in [1.29, 1.82) is 0 Å². The summed E-state index contributed by atoms with van der Waals surface area (Å²) in [6, 6.07) is 4.38. The number of rotatable bonds is 5. The highest BCUT2D eigenvalue weighted by Gasteiger charge is 2.39. The molecule has 1 atom stereocenters. The molecule has 1 amide bonds. The van der Waals surface area contributed by atoms with Crippen LogP contribution < -0.4 is 5.32 Å². The smallest absolute Gasteiger partial charge is 0.327 e. The van der Waals surface area contributed by atoms with E-state index in [9.17, 15) is 19.3 Å². The Morgan fingerprint density at radius 2 is 2.19 bits per heavy atom. The van der Waals surface area contributed by atoms with Crippen molar-refractivity contribution < 1.29 is 14.1 Å². The van der Waals surface area contributed by atoms with Gasteiger partial charge >= 0.3 is 5.69 Å². The number of nitro benzene ring substituents is 1. The fourth-order valence-electron chi connectivity index (χ4n) is 2.78. The van der Waals surface area contributed by atoms with E-state index in [1.54, 1.807) is 0 Å². The summed E-state index contributed by atoms with van der Waals surface area (Å²) in [7, 11) is 0. The quantitative estimate of drug-likeness (QED) is 0.666. The number of likely N-dealkylation sites (tertiary alicyclic amines) is 1. The van der Waals surface area contributed by atoms with Gasteiger partial charge in [0.2, 0.25) is 11.7 Å². The average Bonchev–Trinajstić information content (AvgIpc) is 3.20. The average molecular weight is 293 g/mol. The molecule has 1 saturated heterocycles. The van der Waals surface area contributed by atoms with Crippen molar-refractivity contribution in [1.82, 2.24) is 4.90 Å². The summed E-state index contributed by atoms with van der Waals surface area (Å²) in [5.74, 6) is -0.592. The second kappa shape index (κ2) is 5.31. The highest BCUT2D eigenvalue weighted by atomic mass is 19.1. The van der Waals surface area contributed by atoms with Crippen molar-refractivity contribution in [2.75, 3.05) is 18.4 Å². The lowest BCUT2D eigenvalue weighted by Crippen LogP contribution is -2.28. The highest BCUT2D eigenvalue weighted by molar-refractivity contribution is 5.79. The Kier molecular flexibility index (Phi) is 3.48. The standard InChI is InChI=1S/C14H16FN3O3/c15-11-2-1-3-12(14(11)18(20)21)16-7-9-6-13(19)17(8-9)10-4-5-10/h1-3,9-10,16H,4-8H2/t9-/m0/s1. The first-order valence-corrected chi connectivity index (χ1v) is 7.02. The van der Waals surface area contributed by atoms with Gasteiger partial charge in [-0.3, -0.25) is 14.9 Å². The van der Waals surface area contributed by atoms with E-state index in [-0.39, 0.29) is 17.5 Å². The van der Waals surface area contributed by atoms with Gasteiger partial charge in [-0.2, -0.15) is 4.39 Å². The lowest BCUT2D eigenvalue weighted by Gasteiger charge is -2.16. The molecule has 1 heterocycles. The van der Waals surface area contributed by atoms with Crippen LogP contribution in [0, 0.1) is 21.8 Å². The molecule has 1 aliphatic carbocycles. The third-order valence-corrected chi connectivity index (χ3v) is 3.98. The van der Waals surface area contributed by atoms with Crippen LogP contribution >= 0.6 is 0 Å². The Morgan fingerprint density at radius 3 is 2.86 bits per heavy atom. The molecule has 1 N–H and O–H groups in total. The first-order chi connectivity index (χ1) is 10.1. The third kappa shape index (κ3) is 2.81. The van der Waals surface area contributed by atoms with Gasteiger partial charge in [0.15, 0.2) is 0 Å². The molecule has 3 rings (SSSR count). The van der Waals surface area contributed by atoms with Crippen molar-refractivity contribution >= 4 is 17.3 Å². The number of benzene rings is 1. The maximum Gasteiger partial charge on any atom is 0.327 e. The number of nitrogens with one attached hydrogen (secondary N) is 1.